The lowest BCUT2D eigenvalue weighted by Crippen LogP contribution is -2.38. The van der Waals surface area contributed by atoms with Gasteiger partial charge in [0.15, 0.2) is 5.96 Å². The van der Waals surface area contributed by atoms with Gasteiger partial charge in [-0.15, -0.1) is 0 Å². The number of aryl methyl sites for hydroxylation is 2. The molecule has 2 heterocycles. The molecule has 0 aliphatic carbocycles. The fourth-order valence-electron chi connectivity index (χ4n) is 3.26. The molecule has 0 fully saturated rings. The third kappa shape index (κ3) is 5.89. The van der Waals surface area contributed by atoms with Gasteiger partial charge in [-0.25, -0.2) is 4.68 Å². The van der Waals surface area contributed by atoms with Crippen LogP contribution in [0.25, 0.3) is 5.69 Å². The van der Waals surface area contributed by atoms with Gasteiger partial charge in [0.25, 0.3) is 0 Å². The summed E-state index contributed by atoms with van der Waals surface area (Å²) in [5.74, 6) is 1.17. The minimum absolute atomic E-state index is 0.380. The largest absolute Gasteiger partial charge is 0.382 e. The summed E-state index contributed by atoms with van der Waals surface area (Å²) in [5.41, 5.74) is 9.37. The average molecular weight is 419 g/mol. The van der Waals surface area contributed by atoms with Gasteiger partial charge in [-0.2, -0.15) is 10.4 Å². The molecule has 3 aromatic rings. The molecule has 0 radical (unpaired) electrons. The SMILES string of the molecule is CCNC(=NCCCc1nn(-c2ccc(C)cc2)c(N)c1C#N)NCCn1cccc1. The Bertz CT molecular complexity index is 1020. The molecule has 0 bridgehead atoms. The maximum Gasteiger partial charge on any atom is 0.191 e. The van der Waals surface area contributed by atoms with Gasteiger partial charge in [0.1, 0.15) is 17.5 Å². The van der Waals surface area contributed by atoms with E-state index in [9.17, 15) is 5.26 Å². The number of hydrogen-bond acceptors (Lipinski definition) is 4. The van der Waals surface area contributed by atoms with Crippen LogP contribution in [0.3, 0.4) is 0 Å². The summed E-state index contributed by atoms with van der Waals surface area (Å²) in [5, 5.41) is 20.8. The predicted molar refractivity (Wildman–Crippen MR) is 124 cm³/mol. The standard InChI is InChI=1S/C23H30N8/c1-3-26-23(28-13-16-30-14-4-5-15-30)27-12-6-7-21-20(17-24)22(25)31(29-21)19-10-8-18(2)9-11-19/h4-5,8-11,14-15H,3,6-7,12-13,16,25H2,1-2H3,(H2,26,27,28). The summed E-state index contributed by atoms with van der Waals surface area (Å²) in [6.07, 6.45) is 5.49. The van der Waals surface area contributed by atoms with Crippen molar-refractivity contribution in [2.75, 3.05) is 25.4 Å². The molecule has 0 saturated heterocycles. The van der Waals surface area contributed by atoms with E-state index in [0.29, 0.717) is 30.0 Å². The quantitative estimate of drug-likeness (QED) is 0.281. The third-order valence-corrected chi connectivity index (χ3v) is 4.90. The van der Waals surface area contributed by atoms with Crippen molar-refractivity contribution in [3.63, 3.8) is 0 Å². The number of benzene rings is 1. The van der Waals surface area contributed by atoms with Crippen LogP contribution in [0, 0.1) is 18.3 Å². The molecule has 31 heavy (non-hydrogen) atoms. The topological polar surface area (TPSA) is 109 Å². The number of nitriles is 1. The van der Waals surface area contributed by atoms with Gasteiger partial charge in [0.2, 0.25) is 0 Å². The maximum atomic E-state index is 9.56. The number of nitrogens with one attached hydrogen (secondary N) is 2. The van der Waals surface area contributed by atoms with E-state index in [1.165, 1.54) is 0 Å². The van der Waals surface area contributed by atoms with Crippen molar-refractivity contribution in [2.45, 2.75) is 33.2 Å². The first-order chi connectivity index (χ1) is 15.1. The van der Waals surface area contributed by atoms with Crippen molar-refractivity contribution in [3.05, 3.63) is 65.6 Å². The second kappa shape index (κ2) is 10.9. The van der Waals surface area contributed by atoms with Gasteiger partial charge >= 0.3 is 0 Å². The summed E-state index contributed by atoms with van der Waals surface area (Å²) in [7, 11) is 0. The number of nitrogen functional groups attached to an aromatic ring is 1. The van der Waals surface area contributed by atoms with E-state index in [1.54, 1.807) is 4.68 Å². The van der Waals surface area contributed by atoms with Crippen LogP contribution in [0.5, 0.6) is 0 Å². The number of rotatable bonds is 9. The molecule has 1 aromatic carbocycles. The van der Waals surface area contributed by atoms with Crippen LogP contribution in [-0.2, 0) is 13.0 Å². The molecule has 162 valence electrons. The minimum Gasteiger partial charge on any atom is -0.382 e. The predicted octanol–water partition coefficient (Wildman–Crippen LogP) is 2.62. The molecule has 3 rings (SSSR count). The first-order valence-electron chi connectivity index (χ1n) is 10.6. The van der Waals surface area contributed by atoms with E-state index in [0.717, 1.165) is 43.3 Å². The van der Waals surface area contributed by atoms with Crippen molar-refractivity contribution >= 4 is 11.8 Å². The van der Waals surface area contributed by atoms with Gasteiger partial charge in [-0.3, -0.25) is 4.99 Å². The number of guanidine groups is 1. The van der Waals surface area contributed by atoms with Gasteiger partial charge in [0.05, 0.1) is 11.4 Å². The van der Waals surface area contributed by atoms with E-state index in [1.807, 2.05) is 62.6 Å². The molecule has 8 heteroatoms. The summed E-state index contributed by atoms with van der Waals surface area (Å²) in [4.78, 5) is 4.64. The molecule has 2 aromatic heterocycles. The number of hydrogen-bond donors (Lipinski definition) is 3. The lowest BCUT2D eigenvalue weighted by atomic mass is 10.1. The highest BCUT2D eigenvalue weighted by Gasteiger charge is 2.16. The van der Waals surface area contributed by atoms with Crippen molar-refractivity contribution in [1.82, 2.24) is 25.0 Å². The van der Waals surface area contributed by atoms with E-state index < -0.39 is 0 Å². The van der Waals surface area contributed by atoms with E-state index >= 15 is 0 Å². The Labute approximate surface area is 183 Å². The molecule has 4 N–H and O–H groups in total. The highest BCUT2D eigenvalue weighted by Crippen LogP contribution is 2.21. The van der Waals surface area contributed by atoms with Crippen LogP contribution in [0.15, 0.2) is 53.8 Å². The zero-order chi connectivity index (χ0) is 22.1. The first kappa shape index (κ1) is 22.0. The van der Waals surface area contributed by atoms with Crippen LogP contribution < -0.4 is 16.4 Å². The summed E-state index contributed by atoms with van der Waals surface area (Å²) in [6.45, 7) is 7.16. The molecular formula is C23H30N8. The first-order valence-corrected chi connectivity index (χ1v) is 10.6. The molecule has 0 amide bonds. The number of aliphatic imine (C=N–C) groups is 1. The van der Waals surface area contributed by atoms with Gasteiger partial charge in [-0.05, 0) is 51.0 Å². The fraction of sp³-hybridized carbons (Fsp3) is 0.348. The fourth-order valence-corrected chi connectivity index (χ4v) is 3.26. The monoisotopic (exact) mass is 418 g/mol. The number of anilines is 1. The Hall–Kier alpha value is -3.73. The van der Waals surface area contributed by atoms with E-state index in [4.69, 9.17) is 5.73 Å². The normalized spacial score (nSPS) is 11.3. The lowest BCUT2D eigenvalue weighted by molar-refractivity contribution is 0.664. The van der Waals surface area contributed by atoms with Gasteiger partial charge in [-0.1, -0.05) is 17.7 Å². The molecule has 0 unspecified atom stereocenters. The second-order valence-electron chi connectivity index (χ2n) is 7.28. The maximum absolute atomic E-state index is 9.56. The van der Waals surface area contributed by atoms with Crippen LogP contribution >= 0.6 is 0 Å². The van der Waals surface area contributed by atoms with Gasteiger partial charge < -0.3 is 20.9 Å². The third-order valence-electron chi connectivity index (χ3n) is 4.90. The highest BCUT2D eigenvalue weighted by atomic mass is 15.3. The Kier molecular flexibility index (Phi) is 7.71. The van der Waals surface area contributed by atoms with Crippen molar-refractivity contribution < 1.29 is 0 Å². The molecule has 0 aliphatic heterocycles. The summed E-state index contributed by atoms with van der Waals surface area (Å²) < 4.78 is 3.76. The van der Waals surface area contributed by atoms with E-state index in [2.05, 4.69) is 31.4 Å². The average Bonchev–Trinajstić information content (AvgIpc) is 3.39. The summed E-state index contributed by atoms with van der Waals surface area (Å²) >= 11 is 0. The smallest absolute Gasteiger partial charge is 0.191 e. The number of nitrogens with zero attached hydrogens (tertiary/aromatic N) is 5. The van der Waals surface area contributed by atoms with Crippen LogP contribution in [0.1, 0.15) is 30.2 Å². The molecule has 0 aliphatic rings. The highest BCUT2D eigenvalue weighted by molar-refractivity contribution is 5.79. The molecule has 8 nitrogen and oxygen atoms in total. The Morgan fingerprint density at radius 2 is 1.94 bits per heavy atom. The molecule has 0 atom stereocenters. The minimum atomic E-state index is 0.380. The molecular weight excluding hydrogens is 388 g/mol. The number of nitrogens with two attached hydrogens (primary N) is 1. The Morgan fingerprint density at radius 3 is 2.61 bits per heavy atom. The van der Waals surface area contributed by atoms with Crippen LogP contribution in [0.2, 0.25) is 0 Å². The van der Waals surface area contributed by atoms with Crippen molar-refractivity contribution in [2.24, 2.45) is 4.99 Å². The lowest BCUT2D eigenvalue weighted by Gasteiger charge is -2.11. The van der Waals surface area contributed by atoms with Crippen LogP contribution in [-0.4, -0.2) is 39.9 Å². The second-order valence-corrected chi connectivity index (χ2v) is 7.28. The molecule has 0 saturated carbocycles. The Morgan fingerprint density at radius 1 is 1.19 bits per heavy atom. The van der Waals surface area contributed by atoms with Crippen molar-refractivity contribution in [3.8, 4) is 11.8 Å². The number of aromatic nitrogens is 3. The summed E-state index contributed by atoms with van der Waals surface area (Å²) in [6, 6.07) is 14.2. The Balaban J connectivity index is 1.58. The van der Waals surface area contributed by atoms with Crippen LogP contribution in [0.4, 0.5) is 5.82 Å². The zero-order valence-electron chi connectivity index (χ0n) is 18.2. The van der Waals surface area contributed by atoms with E-state index in [-0.39, 0.29) is 0 Å². The molecule has 0 spiro atoms. The zero-order valence-corrected chi connectivity index (χ0v) is 18.2. The van der Waals surface area contributed by atoms with Crippen molar-refractivity contribution in [1.29, 1.82) is 5.26 Å². The van der Waals surface area contributed by atoms with Gasteiger partial charge in [0, 0.05) is 38.6 Å².